The van der Waals surface area contributed by atoms with Gasteiger partial charge in [0.2, 0.25) is 5.91 Å². The van der Waals surface area contributed by atoms with Gasteiger partial charge in [0.15, 0.2) is 0 Å². The van der Waals surface area contributed by atoms with Crippen molar-refractivity contribution in [1.82, 2.24) is 10.6 Å². The number of aliphatic carboxylic acids is 1. The first-order valence-corrected chi connectivity index (χ1v) is 11.6. The van der Waals surface area contributed by atoms with E-state index in [1.54, 1.807) is 0 Å². The van der Waals surface area contributed by atoms with Gasteiger partial charge in [-0.1, -0.05) is 48.5 Å². The number of ether oxygens (including phenoxy) is 1. The second kappa shape index (κ2) is 10.5. The third-order valence-electron chi connectivity index (χ3n) is 6.38. The number of rotatable bonds is 11. The molecule has 0 bridgehead atoms. The highest BCUT2D eigenvalue weighted by molar-refractivity contribution is 5.79. The fourth-order valence-corrected chi connectivity index (χ4v) is 4.55. The number of amides is 2. The molecule has 2 aromatic carbocycles. The summed E-state index contributed by atoms with van der Waals surface area (Å²) < 4.78 is 5.51. The van der Waals surface area contributed by atoms with E-state index in [2.05, 4.69) is 34.9 Å². The minimum atomic E-state index is -0.889. The van der Waals surface area contributed by atoms with Crippen molar-refractivity contribution >= 4 is 18.0 Å². The van der Waals surface area contributed by atoms with Crippen molar-refractivity contribution in [3.05, 3.63) is 59.7 Å². The van der Waals surface area contributed by atoms with E-state index in [9.17, 15) is 14.4 Å². The molecule has 3 N–H and O–H groups in total. The minimum absolute atomic E-state index is 0.0251. The number of hydrogen-bond donors (Lipinski definition) is 3. The second-order valence-corrected chi connectivity index (χ2v) is 8.82. The van der Waals surface area contributed by atoms with Crippen LogP contribution in [0.3, 0.4) is 0 Å². The van der Waals surface area contributed by atoms with Crippen LogP contribution in [0.25, 0.3) is 11.1 Å². The van der Waals surface area contributed by atoms with E-state index in [1.165, 1.54) is 22.3 Å². The molecule has 174 valence electrons. The van der Waals surface area contributed by atoms with E-state index in [4.69, 9.17) is 9.84 Å². The molecule has 33 heavy (non-hydrogen) atoms. The standard InChI is InChI=1S/C26H30N2O5/c29-24(28-23(15-25(30)31)17-12-13-17)11-5-6-14-27-26(32)33-16-22-20-9-3-1-7-18(20)19-8-2-4-10-21(19)22/h1-4,7-10,17,22-23H,5-6,11-16H2,(H,27,32)(H,28,29)(H,30,31). The molecule has 0 saturated heterocycles. The lowest BCUT2D eigenvalue weighted by Gasteiger charge is -2.16. The number of carbonyl (C=O) groups excluding carboxylic acids is 2. The number of carboxylic acid groups (broad SMARTS) is 1. The minimum Gasteiger partial charge on any atom is -0.481 e. The number of nitrogens with one attached hydrogen (secondary N) is 2. The first-order chi connectivity index (χ1) is 16.0. The Morgan fingerprint density at radius 3 is 2.21 bits per heavy atom. The van der Waals surface area contributed by atoms with Crippen LogP contribution < -0.4 is 10.6 Å². The monoisotopic (exact) mass is 450 g/mol. The Hall–Kier alpha value is -3.35. The first-order valence-electron chi connectivity index (χ1n) is 11.6. The largest absolute Gasteiger partial charge is 0.481 e. The topological polar surface area (TPSA) is 105 Å². The van der Waals surface area contributed by atoms with E-state index in [0.717, 1.165) is 12.8 Å². The number of carbonyl (C=O) groups is 3. The first kappa shape index (κ1) is 22.8. The summed E-state index contributed by atoms with van der Waals surface area (Å²) in [7, 11) is 0. The molecular weight excluding hydrogens is 420 g/mol. The van der Waals surface area contributed by atoms with Gasteiger partial charge in [-0.25, -0.2) is 4.79 Å². The molecule has 4 rings (SSSR count). The Bertz CT molecular complexity index is 972. The third kappa shape index (κ3) is 5.92. The van der Waals surface area contributed by atoms with Crippen LogP contribution in [-0.2, 0) is 14.3 Å². The molecular formula is C26H30N2O5. The quantitative estimate of drug-likeness (QED) is 0.448. The zero-order chi connectivity index (χ0) is 23.2. The van der Waals surface area contributed by atoms with Gasteiger partial charge < -0.3 is 20.5 Å². The Kier molecular flexibility index (Phi) is 7.27. The lowest BCUT2D eigenvalue weighted by Crippen LogP contribution is -2.38. The Balaban J connectivity index is 1.15. The van der Waals surface area contributed by atoms with Crippen LogP contribution >= 0.6 is 0 Å². The lowest BCUT2D eigenvalue weighted by atomic mass is 9.98. The zero-order valence-corrected chi connectivity index (χ0v) is 18.6. The number of carboxylic acids is 1. The number of fused-ring (bicyclic) bond motifs is 3. The highest BCUT2D eigenvalue weighted by atomic mass is 16.5. The number of unbranched alkanes of at least 4 members (excludes halogenated alkanes) is 1. The molecule has 2 aromatic rings. The summed E-state index contributed by atoms with van der Waals surface area (Å²) in [6.45, 7) is 0.694. The number of alkyl carbamates (subject to hydrolysis) is 1. The van der Waals surface area contributed by atoms with Crippen LogP contribution in [-0.4, -0.2) is 42.3 Å². The summed E-state index contributed by atoms with van der Waals surface area (Å²) >= 11 is 0. The van der Waals surface area contributed by atoms with Crippen molar-refractivity contribution in [2.45, 2.75) is 50.5 Å². The fraction of sp³-hybridized carbons (Fsp3) is 0.423. The molecule has 2 aliphatic rings. The smallest absolute Gasteiger partial charge is 0.407 e. The van der Waals surface area contributed by atoms with Crippen molar-refractivity contribution in [1.29, 1.82) is 0 Å². The van der Waals surface area contributed by atoms with Gasteiger partial charge in [0.05, 0.1) is 6.42 Å². The second-order valence-electron chi connectivity index (χ2n) is 8.82. The van der Waals surface area contributed by atoms with E-state index in [1.807, 2.05) is 24.3 Å². The van der Waals surface area contributed by atoms with E-state index in [-0.39, 0.29) is 30.9 Å². The van der Waals surface area contributed by atoms with Gasteiger partial charge in [0, 0.05) is 24.9 Å². The van der Waals surface area contributed by atoms with Gasteiger partial charge in [-0.05, 0) is 53.9 Å². The van der Waals surface area contributed by atoms with Crippen LogP contribution in [0.4, 0.5) is 4.79 Å². The van der Waals surface area contributed by atoms with Crippen molar-refractivity contribution in [3.63, 3.8) is 0 Å². The van der Waals surface area contributed by atoms with Crippen molar-refractivity contribution in [2.24, 2.45) is 5.92 Å². The van der Waals surface area contributed by atoms with Gasteiger partial charge >= 0.3 is 12.1 Å². The molecule has 1 fully saturated rings. The zero-order valence-electron chi connectivity index (χ0n) is 18.6. The van der Waals surface area contributed by atoms with Gasteiger partial charge in [-0.15, -0.1) is 0 Å². The maximum atomic E-state index is 12.2. The van der Waals surface area contributed by atoms with E-state index in [0.29, 0.717) is 31.7 Å². The molecule has 2 amide bonds. The van der Waals surface area contributed by atoms with Gasteiger partial charge in [-0.2, -0.15) is 0 Å². The molecule has 7 nitrogen and oxygen atoms in total. The van der Waals surface area contributed by atoms with Gasteiger partial charge in [-0.3, -0.25) is 9.59 Å². The summed E-state index contributed by atoms with van der Waals surface area (Å²) in [5, 5.41) is 14.6. The maximum absolute atomic E-state index is 12.2. The normalized spacial score (nSPS) is 15.3. The molecule has 0 aromatic heterocycles. The van der Waals surface area contributed by atoms with Crippen LogP contribution in [0.1, 0.15) is 55.6 Å². The van der Waals surface area contributed by atoms with Crippen molar-refractivity contribution in [3.8, 4) is 11.1 Å². The summed E-state index contributed by atoms with van der Waals surface area (Å²) in [4.78, 5) is 35.2. The average molecular weight is 451 g/mol. The molecule has 1 saturated carbocycles. The highest BCUT2D eigenvalue weighted by Gasteiger charge is 2.33. The predicted molar refractivity (Wildman–Crippen MR) is 124 cm³/mol. The van der Waals surface area contributed by atoms with Crippen LogP contribution in [0.5, 0.6) is 0 Å². The van der Waals surface area contributed by atoms with Gasteiger partial charge in [0.25, 0.3) is 0 Å². The van der Waals surface area contributed by atoms with E-state index < -0.39 is 12.1 Å². The summed E-state index contributed by atoms with van der Waals surface area (Å²) in [5.74, 6) is -0.703. The van der Waals surface area contributed by atoms with E-state index >= 15 is 0 Å². The molecule has 0 heterocycles. The Morgan fingerprint density at radius 1 is 0.970 bits per heavy atom. The molecule has 0 spiro atoms. The summed E-state index contributed by atoms with van der Waals surface area (Å²) in [5.41, 5.74) is 4.72. The molecule has 0 radical (unpaired) electrons. The molecule has 2 aliphatic carbocycles. The molecule has 1 unspecified atom stereocenters. The summed E-state index contributed by atoms with van der Waals surface area (Å²) in [6, 6.07) is 16.1. The number of benzene rings is 2. The fourth-order valence-electron chi connectivity index (χ4n) is 4.55. The molecule has 1 atom stereocenters. The van der Waals surface area contributed by atoms with Crippen LogP contribution in [0.15, 0.2) is 48.5 Å². The lowest BCUT2D eigenvalue weighted by molar-refractivity contribution is -0.137. The third-order valence-corrected chi connectivity index (χ3v) is 6.38. The SMILES string of the molecule is O=C(O)CC(NC(=O)CCCCNC(=O)OCC1c2ccccc2-c2ccccc21)C1CC1. The maximum Gasteiger partial charge on any atom is 0.407 e. The van der Waals surface area contributed by atoms with Crippen molar-refractivity contribution in [2.75, 3.05) is 13.2 Å². The Labute approximate surface area is 193 Å². The molecule has 7 heteroatoms. The van der Waals surface area contributed by atoms with Crippen LogP contribution in [0.2, 0.25) is 0 Å². The van der Waals surface area contributed by atoms with Crippen molar-refractivity contribution < 1.29 is 24.2 Å². The summed E-state index contributed by atoms with van der Waals surface area (Å²) in [6.07, 6.45) is 3.03. The Morgan fingerprint density at radius 2 is 1.61 bits per heavy atom. The average Bonchev–Trinajstić information content (AvgIpc) is 3.60. The number of hydrogen-bond acceptors (Lipinski definition) is 4. The molecule has 0 aliphatic heterocycles. The van der Waals surface area contributed by atoms with Gasteiger partial charge in [0.1, 0.15) is 6.61 Å². The highest BCUT2D eigenvalue weighted by Crippen LogP contribution is 2.44. The van der Waals surface area contributed by atoms with Crippen LogP contribution in [0, 0.1) is 5.92 Å². The predicted octanol–water partition coefficient (Wildman–Crippen LogP) is 4.06.